The first-order valence-corrected chi connectivity index (χ1v) is 11.9. The van der Waals surface area contributed by atoms with Gasteiger partial charge in [-0.15, -0.1) is 11.3 Å². The number of thiophene rings is 1. The summed E-state index contributed by atoms with van der Waals surface area (Å²) in [5.41, 5.74) is 5.59. The van der Waals surface area contributed by atoms with E-state index in [1.807, 2.05) is 11.3 Å². The summed E-state index contributed by atoms with van der Waals surface area (Å²) in [4.78, 5) is 3.10. The number of nitrogens with zero attached hydrogens (tertiary/aromatic N) is 1. The molecule has 1 unspecified atom stereocenters. The predicted molar refractivity (Wildman–Crippen MR) is 99.7 cm³/mol. The van der Waals surface area contributed by atoms with E-state index in [0.29, 0.717) is 5.54 Å². The van der Waals surface area contributed by atoms with Crippen LogP contribution in [0.4, 0.5) is 0 Å². The van der Waals surface area contributed by atoms with Crippen molar-refractivity contribution in [2.24, 2.45) is 0 Å². The molecule has 118 valence electrons. The van der Waals surface area contributed by atoms with Crippen LogP contribution in [0.3, 0.4) is 0 Å². The summed E-state index contributed by atoms with van der Waals surface area (Å²) in [7, 11) is -1.59. The second kappa shape index (κ2) is 5.36. The van der Waals surface area contributed by atoms with Gasteiger partial charge < -0.3 is 4.57 Å². The van der Waals surface area contributed by atoms with Crippen LogP contribution in [0.15, 0.2) is 11.6 Å². The van der Waals surface area contributed by atoms with E-state index >= 15 is 0 Å². The summed E-state index contributed by atoms with van der Waals surface area (Å²) >= 11 is 2.02. The molecule has 1 atom stereocenters. The molecule has 0 radical (unpaired) electrons. The molecule has 0 saturated carbocycles. The SMILES string of the molecule is CCN(C(C)(C)C)[Si](C)(C)C1C(C)=C(C)c2cc(C)sc21. The van der Waals surface area contributed by atoms with Crippen LogP contribution in [0.25, 0.3) is 5.57 Å². The zero-order valence-corrected chi connectivity index (χ0v) is 17.0. The Morgan fingerprint density at radius 2 is 1.76 bits per heavy atom. The Labute approximate surface area is 136 Å². The molecule has 0 bridgehead atoms. The van der Waals surface area contributed by atoms with Crippen LogP contribution in [0.5, 0.6) is 0 Å². The molecule has 1 aliphatic rings. The Kier molecular flexibility index (Phi) is 4.33. The monoisotopic (exact) mass is 321 g/mol. The number of aryl methyl sites for hydroxylation is 1. The van der Waals surface area contributed by atoms with Gasteiger partial charge >= 0.3 is 0 Å². The van der Waals surface area contributed by atoms with E-state index in [1.165, 1.54) is 16.0 Å². The van der Waals surface area contributed by atoms with Gasteiger partial charge in [0.1, 0.15) is 8.24 Å². The lowest BCUT2D eigenvalue weighted by Crippen LogP contribution is -2.60. The molecule has 21 heavy (non-hydrogen) atoms. The van der Waals surface area contributed by atoms with Crippen LogP contribution < -0.4 is 0 Å². The molecule has 2 rings (SSSR count). The summed E-state index contributed by atoms with van der Waals surface area (Å²) in [6.07, 6.45) is 0. The highest BCUT2D eigenvalue weighted by Gasteiger charge is 2.47. The van der Waals surface area contributed by atoms with Gasteiger partial charge in [0.05, 0.1) is 0 Å². The summed E-state index contributed by atoms with van der Waals surface area (Å²) in [5, 5.41) is 0. The van der Waals surface area contributed by atoms with E-state index in [0.717, 1.165) is 6.54 Å². The van der Waals surface area contributed by atoms with E-state index < -0.39 is 8.24 Å². The number of fused-ring (bicyclic) bond motifs is 1. The topological polar surface area (TPSA) is 3.24 Å². The smallest absolute Gasteiger partial charge is 0.135 e. The lowest BCUT2D eigenvalue weighted by molar-refractivity contribution is 0.247. The van der Waals surface area contributed by atoms with Crippen LogP contribution in [0, 0.1) is 6.92 Å². The maximum atomic E-state index is 2.80. The van der Waals surface area contributed by atoms with Crippen LogP contribution in [-0.2, 0) is 0 Å². The average molecular weight is 322 g/mol. The maximum absolute atomic E-state index is 2.80. The Morgan fingerprint density at radius 1 is 1.19 bits per heavy atom. The fourth-order valence-corrected chi connectivity index (χ4v) is 11.5. The molecule has 0 spiro atoms. The normalized spacial score (nSPS) is 19.6. The van der Waals surface area contributed by atoms with E-state index in [1.54, 1.807) is 10.5 Å². The van der Waals surface area contributed by atoms with Crippen molar-refractivity contribution in [3.63, 3.8) is 0 Å². The molecular formula is C18H31NSSi. The van der Waals surface area contributed by atoms with Gasteiger partial charge in [0, 0.05) is 20.8 Å². The van der Waals surface area contributed by atoms with E-state index in [2.05, 4.69) is 72.2 Å². The van der Waals surface area contributed by atoms with Gasteiger partial charge in [0.2, 0.25) is 0 Å². The number of hydrogen-bond acceptors (Lipinski definition) is 2. The first-order valence-electron chi connectivity index (χ1n) is 8.07. The van der Waals surface area contributed by atoms with Crippen molar-refractivity contribution in [1.29, 1.82) is 0 Å². The van der Waals surface area contributed by atoms with Crippen LogP contribution in [-0.4, -0.2) is 24.9 Å². The molecule has 3 heteroatoms. The summed E-state index contributed by atoms with van der Waals surface area (Å²) in [6.45, 7) is 22.6. The summed E-state index contributed by atoms with van der Waals surface area (Å²) in [5.74, 6) is 0. The molecule has 1 aliphatic carbocycles. The van der Waals surface area contributed by atoms with Crippen LogP contribution in [0.1, 0.15) is 62.4 Å². The summed E-state index contributed by atoms with van der Waals surface area (Å²) in [6, 6.07) is 2.40. The standard InChI is InChI=1S/C18H31NSSi/c1-10-19(18(5,6)7)21(8,9)17-14(4)13(3)15-11-12(2)20-16(15)17/h11,17H,10H2,1-9H3. The first-order chi connectivity index (χ1) is 9.51. The third-order valence-corrected chi connectivity index (χ3v) is 10.9. The zero-order valence-electron chi connectivity index (χ0n) is 15.2. The highest BCUT2D eigenvalue weighted by molar-refractivity contribution is 7.13. The largest absolute Gasteiger partial charge is 0.319 e. The lowest BCUT2D eigenvalue weighted by Gasteiger charge is -2.49. The summed E-state index contributed by atoms with van der Waals surface area (Å²) < 4.78 is 2.80. The van der Waals surface area contributed by atoms with Gasteiger partial charge in [-0.05, 0) is 65.3 Å². The minimum Gasteiger partial charge on any atom is -0.319 e. The van der Waals surface area contributed by atoms with Crippen molar-refractivity contribution in [1.82, 2.24) is 4.57 Å². The molecular weight excluding hydrogens is 290 g/mol. The van der Waals surface area contributed by atoms with Gasteiger partial charge in [-0.3, -0.25) is 0 Å². The predicted octanol–water partition coefficient (Wildman–Crippen LogP) is 5.81. The molecule has 0 N–H and O–H groups in total. The average Bonchev–Trinajstić information content (AvgIpc) is 2.76. The van der Waals surface area contributed by atoms with E-state index in [-0.39, 0.29) is 5.54 Å². The van der Waals surface area contributed by atoms with Crippen molar-refractivity contribution >= 4 is 25.1 Å². The molecule has 1 nitrogen and oxygen atoms in total. The number of hydrogen-bond donors (Lipinski definition) is 0. The van der Waals surface area contributed by atoms with Gasteiger partial charge in [-0.1, -0.05) is 25.6 Å². The fourth-order valence-electron chi connectivity index (χ4n) is 4.42. The van der Waals surface area contributed by atoms with Crippen molar-refractivity contribution in [2.75, 3.05) is 6.54 Å². The third-order valence-electron chi connectivity index (χ3n) is 5.10. The number of rotatable bonds is 3. The van der Waals surface area contributed by atoms with Crippen LogP contribution >= 0.6 is 11.3 Å². The Morgan fingerprint density at radius 3 is 2.24 bits per heavy atom. The number of allylic oxidation sites excluding steroid dienone is 2. The minimum absolute atomic E-state index is 0.244. The van der Waals surface area contributed by atoms with Gasteiger partial charge in [-0.2, -0.15) is 0 Å². The Balaban J connectivity index is 2.54. The third kappa shape index (κ3) is 2.69. The van der Waals surface area contributed by atoms with E-state index in [9.17, 15) is 0 Å². The van der Waals surface area contributed by atoms with Gasteiger partial charge in [0.25, 0.3) is 0 Å². The zero-order chi connectivity index (χ0) is 16.2. The van der Waals surface area contributed by atoms with Gasteiger partial charge in [-0.25, -0.2) is 0 Å². The molecule has 1 heterocycles. The maximum Gasteiger partial charge on any atom is 0.135 e. The van der Waals surface area contributed by atoms with E-state index in [4.69, 9.17) is 0 Å². The quantitative estimate of drug-likeness (QED) is 0.635. The van der Waals surface area contributed by atoms with Gasteiger partial charge in [0.15, 0.2) is 0 Å². The molecule has 1 aromatic heterocycles. The molecule has 1 aromatic rings. The van der Waals surface area contributed by atoms with Crippen molar-refractivity contribution in [3.8, 4) is 0 Å². The Bertz CT molecular complexity index is 575. The van der Waals surface area contributed by atoms with Crippen molar-refractivity contribution < 1.29 is 0 Å². The second-order valence-corrected chi connectivity index (χ2v) is 13.7. The fraction of sp³-hybridized carbons (Fsp3) is 0.667. The van der Waals surface area contributed by atoms with Crippen molar-refractivity contribution in [3.05, 3.63) is 27.0 Å². The lowest BCUT2D eigenvalue weighted by atomic mass is 10.1. The highest BCUT2D eigenvalue weighted by atomic mass is 32.1. The highest BCUT2D eigenvalue weighted by Crippen LogP contribution is 2.51. The molecule has 0 fully saturated rings. The molecule has 0 saturated heterocycles. The Hall–Kier alpha value is -0.383. The second-order valence-electron chi connectivity index (χ2n) is 7.94. The van der Waals surface area contributed by atoms with Crippen LogP contribution in [0.2, 0.25) is 13.1 Å². The molecule has 0 aromatic carbocycles. The first kappa shape index (κ1) is 17.0. The molecule has 0 aliphatic heterocycles. The van der Waals surface area contributed by atoms with Crippen molar-refractivity contribution in [2.45, 2.75) is 72.6 Å². The minimum atomic E-state index is -1.59. The molecule has 0 amide bonds.